The minimum atomic E-state index is 0.912. The first kappa shape index (κ1) is 75.1. The van der Waals surface area contributed by atoms with Gasteiger partial charge in [-0.1, -0.05) is 400 Å². The first-order valence-corrected chi connectivity index (χ1v) is 45.1. The van der Waals surface area contributed by atoms with E-state index in [0.717, 1.165) is 93.1 Å². The first-order valence-electron chi connectivity index (χ1n) is 45.1. The smallest absolute Gasteiger partial charge is 0.143 e. The monoisotopic (exact) mass is 1660 g/mol. The summed E-state index contributed by atoms with van der Waals surface area (Å²) in [6.07, 6.45) is 0. The predicted octanol–water partition coefficient (Wildman–Crippen LogP) is 36.8. The maximum atomic E-state index is 6.59. The Morgan fingerprint density at radius 1 is 0.107 bits per heavy atom. The van der Waals surface area contributed by atoms with Crippen molar-refractivity contribution in [3.05, 3.63) is 473 Å². The Kier molecular flexibility index (Phi) is 17.7. The second kappa shape index (κ2) is 30.8. The summed E-state index contributed by atoms with van der Waals surface area (Å²) in [4.78, 5) is 0. The molecule has 25 aromatic carbocycles. The molecule has 0 aliphatic heterocycles. The molecule has 0 unspecified atom stereocenters. The Hall–Kier alpha value is -17.2. The summed E-state index contributed by atoms with van der Waals surface area (Å²) in [7, 11) is 0. The number of hydrogen-bond donors (Lipinski definition) is 0. The molecule has 0 bridgehead atoms. The fourth-order valence-corrected chi connectivity index (χ4v) is 21.4. The molecule has 608 valence electrons. The average molecular weight is 1660 g/mol. The molecule has 0 amide bonds. The molecular weight excluding hydrogens is 1590 g/mol. The topological polar surface area (TPSA) is 39.4 Å². The molecule has 0 radical (unpaired) electrons. The molecule has 3 nitrogen and oxygen atoms in total. The Morgan fingerprint density at radius 3 is 0.725 bits per heavy atom. The molecule has 0 saturated heterocycles. The Morgan fingerprint density at radius 2 is 0.336 bits per heavy atom. The molecule has 28 rings (SSSR count). The van der Waals surface area contributed by atoms with Crippen LogP contribution in [0.25, 0.3) is 273 Å². The minimum Gasteiger partial charge on any atom is -0.455 e. The summed E-state index contributed by atoms with van der Waals surface area (Å²) >= 11 is 0. The molecule has 28 aromatic rings. The highest BCUT2D eigenvalue weighted by molar-refractivity contribution is 6.27. The molecular formula is C128H78O3. The lowest BCUT2D eigenvalue weighted by atomic mass is 9.84. The Labute approximate surface area is 754 Å². The van der Waals surface area contributed by atoms with Crippen molar-refractivity contribution in [2.75, 3.05) is 0 Å². The maximum absolute atomic E-state index is 6.59. The second-order valence-electron chi connectivity index (χ2n) is 34.6. The van der Waals surface area contributed by atoms with Crippen LogP contribution in [0.15, 0.2) is 486 Å². The molecule has 3 heteroatoms. The lowest BCUT2D eigenvalue weighted by Gasteiger charge is -2.19. The van der Waals surface area contributed by atoms with Crippen LogP contribution >= 0.6 is 0 Å². The van der Waals surface area contributed by atoms with Gasteiger partial charge in [-0.3, -0.25) is 0 Å². The minimum absolute atomic E-state index is 0.912. The largest absolute Gasteiger partial charge is 0.455 e. The normalized spacial score (nSPS) is 11.8. The molecule has 0 N–H and O–H groups in total. The van der Waals surface area contributed by atoms with Gasteiger partial charge in [0.15, 0.2) is 0 Å². The van der Waals surface area contributed by atoms with Crippen molar-refractivity contribution in [3.8, 4) is 89.0 Å². The van der Waals surface area contributed by atoms with Gasteiger partial charge in [0.05, 0.1) is 0 Å². The Bertz CT molecular complexity index is 9400. The highest BCUT2D eigenvalue weighted by atomic mass is 16.3. The van der Waals surface area contributed by atoms with Crippen LogP contribution < -0.4 is 0 Å². The number of furan rings is 3. The number of benzene rings is 25. The molecule has 3 heterocycles. The molecule has 3 aromatic heterocycles. The van der Waals surface area contributed by atoms with Crippen molar-refractivity contribution in [2.24, 2.45) is 0 Å². The van der Waals surface area contributed by atoms with E-state index in [1.807, 2.05) is 0 Å². The number of rotatable bonds is 8. The molecule has 0 spiro atoms. The van der Waals surface area contributed by atoms with Gasteiger partial charge >= 0.3 is 0 Å². The number of hydrogen-bond acceptors (Lipinski definition) is 3. The van der Waals surface area contributed by atoms with E-state index in [4.69, 9.17) is 13.3 Å². The second-order valence-corrected chi connectivity index (χ2v) is 34.6. The fraction of sp³-hybridized carbons (Fsp3) is 0. The van der Waals surface area contributed by atoms with E-state index < -0.39 is 0 Å². The van der Waals surface area contributed by atoms with Crippen molar-refractivity contribution in [2.45, 2.75) is 0 Å². The zero-order valence-electron chi connectivity index (χ0n) is 71.3. The highest BCUT2D eigenvalue weighted by Crippen LogP contribution is 2.51. The summed E-state index contributed by atoms with van der Waals surface area (Å²) in [6.45, 7) is 0. The van der Waals surface area contributed by atoms with Gasteiger partial charge < -0.3 is 13.3 Å². The third-order valence-corrected chi connectivity index (χ3v) is 27.3. The van der Waals surface area contributed by atoms with Gasteiger partial charge in [-0.15, -0.1) is 0 Å². The van der Waals surface area contributed by atoms with Gasteiger partial charge in [0.25, 0.3) is 0 Å². The van der Waals surface area contributed by atoms with Crippen molar-refractivity contribution in [3.63, 3.8) is 0 Å². The molecule has 0 atom stereocenters. The van der Waals surface area contributed by atoms with Crippen molar-refractivity contribution >= 4 is 184 Å². The van der Waals surface area contributed by atoms with Crippen LogP contribution in [0.1, 0.15) is 0 Å². The lowest BCUT2D eigenvalue weighted by Crippen LogP contribution is -1.92. The van der Waals surface area contributed by atoms with Crippen LogP contribution in [0.5, 0.6) is 0 Å². The Balaban J connectivity index is 0.000000103. The van der Waals surface area contributed by atoms with Crippen LogP contribution in [-0.2, 0) is 0 Å². The number of fused-ring (bicyclic) bond motifs is 23. The zero-order chi connectivity index (χ0) is 86.1. The van der Waals surface area contributed by atoms with Crippen molar-refractivity contribution in [1.82, 2.24) is 0 Å². The van der Waals surface area contributed by atoms with E-state index in [-0.39, 0.29) is 0 Å². The molecule has 0 aliphatic rings. The summed E-state index contributed by atoms with van der Waals surface area (Å²) in [6, 6.07) is 171. The third-order valence-electron chi connectivity index (χ3n) is 27.3. The van der Waals surface area contributed by atoms with Gasteiger partial charge in [0.2, 0.25) is 0 Å². The standard InChI is InChI=1S/C46H28O.C42H26O.C40H24O/c1-3-16-34-29(11-1)13-10-22-37(34)45-40-20-7-5-18-38(40)44(39-19-6-8-21-41(39)45)33-15-9-14-31(27-33)32-24-25-36-42-26-23-30-12-2-4-17-35(30)46(42)47-43(36)28-32;1-2-12-28(13-3-1)40-34-17-6-8-19-36(34)41(37-20-9-7-18-35(37)40)31-15-10-14-29(25-31)30-22-23-33-38-24-21-27-11-4-5-16-32(27)42(38)43-39(33)26-30;1-2-11-27-23-28(18-17-25(27)9-1)38-32-13-5-7-15-34(32)39(35-16-8-6-14-33(35)38)29-20-21-31-36-22-19-26-10-3-4-12-30(26)40(36)41-37(31)24-29/h1-28H;1-26H;1-24H. The first-order chi connectivity index (χ1) is 65.0. The maximum Gasteiger partial charge on any atom is 0.143 e. The van der Waals surface area contributed by atoms with Crippen LogP contribution in [0, 0.1) is 0 Å². The van der Waals surface area contributed by atoms with E-state index in [1.165, 1.54) is 180 Å². The summed E-state index contributed by atoms with van der Waals surface area (Å²) in [5.74, 6) is 0. The molecule has 0 aliphatic carbocycles. The van der Waals surface area contributed by atoms with Gasteiger partial charge in [-0.25, -0.2) is 0 Å². The van der Waals surface area contributed by atoms with E-state index in [0.29, 0.717) is 0 Å². The van der Waals surface area contributed by atoms with Gasteiger partial charge in [0.1, 0.15) is 33.5 Å². The van der Waals surface area contributed by atoms with Crippen LogP contribution in [0.3, 0.4) is 0 Å². The van der Waals surface area contributed by atoms with E-state index >= 15 is 0 Å². The fourth-order valence-electron chi connectivity index (χ4n) is 21.4. The third kappa shape index (κ3) is 12.5. The van der Waals surface area contributed by atoms with E-state index in [9.17, 15) is 0 Å². The van der Waals surface area contributed by atoms with Gasteiger partial charge in [-0.2, -0.15) is 0 Å². The van der Waals surface area contributed by atoms with Gasteiger partial charge in [-0.05, 0) is 264 Å². The SMILES string of the molecule is c1cc(-c2ccc3c(c2)oc2c4ccccc4ccc32)cc(-c2c3ccccc3c(-c3cccc4ccccc34)c3ccccc23)c1.c1ccc(-c2c3ccccc3c(-c3cccc(-c4ccc5c(c4)oc4c6ccccc6ccc54)c3)c3ccccc23)cc1.c1ccc2cc(-c3c4ccccc4c(-c4ccc5c(c4)oc4c6ccccc6ccc54)c4ccccc34)ccc2c1. The van der Waals surface area contributed by atoms with Crippen LogP contribution in [-0.4, -0.2) is 0 Å². The van der Waals surface area contributed by atoms with Gasteiger partial charge in [0, 0.05) is 48.5 Å². The van der Waals surface area contributed by atoms with Crippen LogP contribution in [0.2, 0.25) is 0 Å². The van der Waals surface area contributed by atoms with E-state index in [2.05, 4.69) is 473 Å². The highest BCUT2D eigenvalue weighted by Gasteiger charge is 2.24. The summed E-state index contributed by atoms with van der Waals surface area (Å²) in [5.41, 5.74) is 25.2. The quantitative estimate of drug-likeness (QED) is 0.142. The zero-order valence-corrected chi connectivity index (χ0v) is 71.3. The van der Waals surface area contributed by atoms with Crippen LogP contribution in [0.4, 0.5) is 0 Å². The summed E-state index contributed by atoms with van der Waals surface area (Å²) in [5, 5.41) is 34.1. The average Bonchev–Trinajstić information content (AvgIpc) is 1.70. The van der Waals surface area contributed by atoms with E-state index in [1.54, 1.807) is 0 Å². The molecule has 131 heavy (non-hydrogen) atoms. The van der Waals surface area contributed by atoms with Crippen molar-refractivity contribution in [1.29, 1.82) is 0 Å². The lowest BCUT2D eigenvalue weighted by molar-refractivity contribution is 0.672. The molecule has 0 fully saturated rings. The van der Waals surface area contributed by atoms with Crippen molar-refractivity contribution < 1.29 is 13.3 Å². The molecule has 0 saturated carbocycles. The predicted molar refractivity (Wildman–Crippen MR) is 557 cm³/mol. The summed E-state index contributed by atoms with van der Waals surface area (Å²) < 4.78 is 19.6.